The molecule has 3 heteroatoms. The van der Waals surface area contributed by atoms with Crippen LogP contribution in [0.15, 0.2) is 11.1 Å². The fraction of sp³-hybridized carbons (Fsp3) is 0.833. The Hall–Kier alpha value is -1.30. The van der Waals surface area contributed by atoms with Crippen molar-refractivity contribution in [3.63, 3.8) is 0 Å². The molecule has 0 heterocycles. The van der Waals surface area contributed by atoms with Gasteiger partial charge < -0.3 is 4.74 Å². The zero-order chi connectivity index (χ0) is 19.2. The molecule has 0 aromatic carbocycles. The summed E-state index contributed by atoms with van der Waals surface area (Å²) in [6, 6.07) is 2.22. The third-order valence-corrected chi connectivity index (χ3v) is 9.26. The van der Waals surface area contributed by atoms with Gasteiger partial charge in [0.25, 0.3) is 0 Å². The maximum atomic E-state index is 12.4. The number of ether oxygens (including phenoxy) is 1. The van der Waals surface area contributed by atoms with Gasteiger partial charge in [-0.1, -0.05) is 26.7 Å². The average molecular weight is 370 g/mol. The number of nitriles is 1. The van der Waals surface area contributed by atoms with Crippen molar-refractivity contribution in [2.24, 2.45) is 34.5 Å². The fourth-order valence-corrected chi connectivity index (χ4v) is 7.96. The molecule has 27 heavy (non-hydrogen) atoms. The van der Waals surface area contributed by atoms with Crippen LogP contribution in [0.1, 0.15) is 85.0 Å². The summed E-state index contributed by atoms with van der Waals surface area (Å²) in [4.78, 5) is 12.4. The second-order valence-corrected chi connectivity index (χ2v) is 10.1. The average Bonchev–Trinajstić information content (AvgIpc) is 2.99. The minimum absolute atomic E-state index is 0.0247. The normalized spacial score (nSPS) is 45.1. The number of hydrogen-bond acceptors (Lipinski definition) is 3. The Balaban J connectivity index is 1.65. The minimum Gasteiger partial charge on any atom is -0.462 e. The van der Waals surface area contributed by atoms with E-state index in [0.717, 1.165) is 42.6 Å². The SMILES string of the molecule is CCOC(=O)/C(C#N)=C1/CC[C@H]2[C@H]3CC[C@H]4CCCC[C@]4(C)[C@H]3CC[C@]12C. The van der Waals surface area contributed by atoms with E-state index < -0.39 is 5.97 Å². The van der Waals surface area contributed by atoms with E-state index in [-0.39, 0.29) is 5.41 Å². The molecular weight excluding hydrogens is 334 g/mol. The lowest BCUT2D eigenvalue weighted by Gasteiger charge is -2.60. The zero-order valence-electron chi connectivity index (χ0n) is 17.4. The molecule has 4 saturated carbocycles. The topological polar surface area (TPSA) is 50.1 Å². The zero-order valence-corrected chi connectivity index (χ0v) is 17.4. The Morgan fingerprint density at radius 3 is 2.67 bits per heavy atom. The van der Waals surface area contributed by atoms with Crippen molar-refractivity contribution in [3.05, 3.63) is 11.1 Å². The smallest absolute Gasteiger partial charge is 0.348 e. The molecule has 0 bridgehead atoms. The molecule has 0 N–H and O–H groups in total. The monoisotopic (exact) mass is 369 g/mol. The molecule has 4 fully saturated rings. The van der Waals surface area contributed by atoms with E-state index in [4.69, 9.17) is 4.74 Å². The number of fused-ring (bicyclic) bond motifs is 5. The number of carbonyl (C=O) groups excluding carboxylic acids is 1. The van der Waals surface area contributed by atoms with Gasteiger partial charge in [-0.05, 0) is 98.4 Å². The number of nitrogens with zero attached hydrogens (tertiary/aromatic N) is 1. The summed E-state index contributed by atoms with van der Waals surface area (Å²) in [5.74, 6) is 2.80. The van der Waals surface area contributed by atoms with Crippen molar-refractivity contribution < 1.29 is 9.53 Å². The highest BCUT2D eigenvalue weighted by Gasteiger charge is 2.59. The summed E-state index contributed by atoms with van der Waals surface area (Å²) in [5.41, 5.74) is 1.99. The van der Waals surface area contributed by atoms with Crippen LogP contribution in [-0.2, 0) is 9.53 Å². The van der Waals surface area contributed by atoms with E-state index in [2.05, 4.69) is 19.9 Å². The summed E-state index contributed by atoms with van der Waals surface area (Å²) in [6.07, 6.45) is 12.9. The third-order valence-electron chi connectivity index (χ3n) is 9.26. The molecule has 0 unspecified atom stereocenters. The molecule has 0 aromatic heterocycles. The molecule has 0 aromatic rings. The first kappa shape index (κ1) is 19.0. The Kier molecular flexibility index (Phi) is 4.90. The van der Waals surface area contributed by atoms with Gasteiger partial charge in [-0.3, -0.25) is 0 Å². The predicted molar refractivity (Wildman–Crippen MR) is 106 cm³/mol. The van der Waals surface area contributed by atoms with Crippen LogP contribution in [-0.4, -0.2) is 12.6 Å². The lowest BCUT2D eigenvalue weighted by Crippen LogP contribution is -2.52. The molecule has 4 rings (SSSR count). The molecule has 0 radical (unpaired) electrons. The lowest BCUT2D eigenvalue weighted by atomic mass is 9.45. The van der Waals surface area contributed by atoms with Gasteiger partial charge in [0, 0.05) is 0 Å². The van der Waals surface area contributed by atoms with Gasteiger partial charge in [0.1, 0.15) is 11.6 Å². The van der Waals surface area contributed by atoms with Crippen molar-refractivity contribution in [2.75, 3.05) is 6.61 Å². The molecule has 0 amide bonds. The highest BCUT2D eigenvalue weighted by molar-refractivity contribution is 5.94. The van der Waals surface area contributed by atoms with Crippen molar-refractivity contribution in [2.45, 2.75) is 85.0 Å². The van der Waals surface area contributed by atoms with Gasteiger partial charge in [-0.15, -0.1) is 0 Å². The van der Waals surface area contributed by atoms with Gasteiger partial charge in [0.2, 0.25) is 0 Å². The van der Waals surface area contributed by atoms with E-state index in [1.807, 2.05) is 6.92 Å². The molecule has 0 saturated heterocycles. The first-order valence-electron chi connectivity index (χ1n) is 11.3. The quantitative estimate of drug-likeness (QED) is 0.351. The van der Waals surface area contributed by atoms with Crippen molar-refractivity contribution in [1.29, 1.82) is 5.26 Å². The summed E-state index contributed by atoms with van der Waals surface area (Å²) in [7, 11) is 0. The number of hydrogen-bond donors (Lipinski definition) is 0. The summed E-state index contributed by atoms with van der Waals surface area (Å²) >= 11 is 0. The molecule has 3 nitrogen and oxygen atoms in total. The summed E-state index contributed by atoms with van der Waals surface area (Å²) in [5, 5.41) is 9.71. The second-order valence-electron chi connectivity index (χ2n) is 10.1. The van der Waals surface area contributed by atoms with Crippen LogP contribution in [0.25, 0.3) is 0 Å². The van der Waals surface area contributed by atoms with Crippen LogP contribution in [0.4, 0.5) is 0 Å². The van der Waals surface area contributed by atoms with Gasteiger partial charge in [0.15, 0.2) is 0 Å². The predicted octanol–water partition coefficient (Wildman–Crippen LogP) is 5.80. The van der Waals surface area contributed by atoms with Gasteiger partial charge in [-0.2, -0.15) is 5.26 Å². The van der Waals surface area contributed by atoms with Crippen LogP contribution < -0.4 is 0 Å². The summed E-state index contributed by atoms with van der Waals surface area (Å²) < 4.78 is 5.21. The Morgan fingerprint density at radius 2 is 1.93 bits per heavy atom. The number of allylic oxidation sites excluding steroid dienone is 1. The molecule has 6 atom stereocenters. The van der Waals surface area contributed by atoms with E-state index in [1.54, 1.807) is 0 Å². The maximum Gasteiger partial charge on any atom is 0.348 e. The van der Waals surface area contributed by atoms with Gasteiger partial charge in [-0.25, -0.2) is 4.79 Å². The maximum absolute atomic E-state index is 12.4. The van der Waals surface area contributed by atoms with Gasteiger partial charge >= 0.3 is 5.97 Å². The highest BCUT2D eigenvalue weighted by atomic mass is 16.5. The Labute approximate surface area is 164 Å². The van der Waals surface area contributed by atoms with Crippen molar-refractivity contribution in [1.82, 2.24) is 0 Å². The van der Waals surface area contributed by atoms with Crippen LogP contribution in [0.5, 0.6) is 0 Å². The first-order valence-corrected chi connectivity index (χ1v) is 11.3. The largest absolute Gasteiger partial charge is 0.462 e. The van der Waals surface area contributed by atoms with E-state index >= 15 is 0 Å². The van der Waals surface area contributed by atoms with E-state index in [1.165, 1.54) is 44.9 Å². The Bertz CT molecular complexity index is 689. The van der Waals surface area contributed by atoms with Crippen molar-refractivity contribution >= 4 is 5.97 Å². The molecular formula is C24H35NO2. The number of rotatable bonds is 2. The molecule has 0 spiro atoms. The van der Waals surface area contributed by atoms with Crippen LogP contribution in [0.3, 0.4) is 0 Å². The minimum atomic E-state index is -0.401. The fourth-order valence-electron chi connectivity index (χ4n) is 7.96. The standard InChI is InChI=1S/C24H35NO2/c1-4-27-22(26)18(15-25)20-11-10-19-17-9-8-16-7-5-6-13-23(16,2)21(17)12-14-24(19,20)3/h16-17,19,21H,4-14H2,1-3H3/b20-18-/t16-,17-,19+,21+,23+,24+/m1/s1. The molecule has 148 valence electrons. The molecule has 0 aliphatic heterocycles. The van der Waals surface area contributed by atoms with Crippen LogP contribution in [0.2, 0.25) is 0 Å². The van der Waals surface area contributed by atoms with Crippen LogP contribution in [0, 0.1) is 45.8 Å². The Morgan fingerprint density at radius 1 is 1.11 bits per heavy atom. The molecule has 4 aliphatic rings. The third kappa shape index (κ3) is 2.78. The number of esters is 1. The van der Waals surface area contributed by atoms with E-state index in [0.29, 0.717) is 23.5 Å². The number of carbonyl (C=O) groups is 1. The van der Waals surface area contributed by atoms with E-state index in [9.17, 15) is 10.1 Å². The van der Waals surface area contributed by atoms with Crippen molar-refractivity contribution in [3.8, 4) is 6.07 Å². The van der Waals surface area contributed by atoms with Gasteiger partial charge in [0.05, 0.1) is 6.61 Å². The molecule has 4 aliphatic carbocycles. The summed E-state index contributed by atoms with van der Waals surface area (Å²) in [6.45, 7) is 7.09. The second kappa shape index (κ2) is 6.94. The first-order chi connectivity index (χ1) is 13.0. The highest BCUT2D eigenvalue weighted by Crippen LogP contribution is 2.67. The lowest BCUT2D eigenvalue weighted by molar-refractivity contribution is -0.138. The van der Waals surface area contributed by atoms with Crippen LogP contribution >= 0.6 is 0 Å².